The molecule has 0 aliphatic heterocycles. The molecule has 0 radical (unpaired) electrons. The molecular weight excluding hydrogens is 242 g/mol. The van der Waals surface area contributed by atoms with Crippen molar-refractivity contribution in [3.8, 4) is 17.0 Å². The van der Waals surface area contributed by atoms with Crippen LogP contribution in [0.2, 0.25) is 0 Å². The molecule has 19 heavy (non-hydrogen) atoms. The number of hydrogen-bond acceptors (Lipinski definition) is 5. The number of para-hydroxylation sites is 1. The van der Waals surface area contributed by atoms with Gasteiger partial charge in [-0.15, -0.1) is 0 Å². The van der Waals surface area contributed by atoms with Crippen LogP contribution in [0.3, 0.4) is 0 Å². The van der Waals surface area contributed by atoms with Crippen LogP contribution in [0.4, 0.5) is 5.82 Å². The fourth-order valence-electron chi connectivity index (χ4n) is 2.14. The Morgan fingerprint density at radius 1 is 1.21 bits per heavy atom. The fraction of sp³-hybridized carbons (Fsp3) is 0.154. The first kappa shape index (κ1) is 11.5. The number of rotatable bonds is 2. The van der Waals surface area contributed by atoms with Crippen molar-refractivity contribution < 1.29 is 4.74 Å². The summed E-state index contributed by atoms with van der Waals surface area (Å²) in [6.07, 6.45) is 1.44. The lowest BCUT2D eigenvalue weighted by molar-refractivity contribution is 0.416. The molecule has 0 aliphatic rings. The minimum Gasteiger partial charge on any atom is -0.496 e. The van der Waals surface area contributed by atoms with Gasteiger partial charge in [-0.05, 0) is 12.1 Å². The Morgan fingerprint density at radius 3 is 2.79 bits per heavy atom. The van der Waals surface area contributed by atoms with Gasteiger partial charge in [0.25, 0.3) is 0 Å². The number of fused-ring (bicyclic) bond motifs is 1. The highest BCUT2D eigenvalue weighted by Gasteiger charge is 2.17. The standard InChI is InChI=1S/C13H13N5O/c1-18-13-10(12(14)15-7-16-13)11(17-18)8-5-3-4-6-9(8)19-2/h3-7H,1-2H3,(H2,14,15,16). The van der Waals surface area contributed by atoms with Gasteiger partial charge in [-0.1, -0.05) is 12.1 Å². The van der Waals surface area contributed by atoms with Crippen LogP contribution in [0.25, 0.3) is 22.3 Å². The summed E-state index contributed by atoms with van der Waals surface area (Å²) in [4.78, 5) is 8.25. The summed E-state index contributed by atoms with van der Waals surface area (Å²) < 4.78 is 7.06. The van der Waals surface area contributed by atoms with Gasteiger partial charge in [-0.2, -0.15) is 5.10 Å². The zero-order valence-corrected chi connectivity index (χ0v) is 10.7. The highest BCUT2D eigenvalue weighted by Crippen LogP contribution is 2.34. The molecule has 0 fully saturated rings. The lowest BCUT2D eigenvalue weighted by Gasteiger charge is -2.06. The summed E-state index contributed by atoms with van der Waals surface area (Å²) in [5.41, 5.74) is 8.26. The van der Waals surface area contributed by atoms with E-state index in [1.54, 1.807) is 11.8 Å². The van der Waals surface area contributed by atoms with Crippen LogP contribution in [0.5, 0.6) is 5.75 Å². The number of nitrogens with zero attached hydrogens (tertiary/aromatic N) is 4. The predicted octanol–water partition coefficient (Wildman–Crippen LogP) is 1.62. The number of benzene rings is 1. The molecule has 0 atom stereocenters. The van der Waals surface area contributed by atoms with E-state index in [1.165, 1.54) is 6.33 Å². The maximum atomic E-state index is 5.95. The van der Waals surface area contributed by atoms with Crippen molar-refractivity contribution in [2.75, 3.05) is 12.8 Å². The monoisotopic (exact) mass is 255 g/mol. The first-order chi connectivity index (χ1) is 9.22. The minimum atomic E-state index is 0.416. The van der Waals surface area contributed by atoms with Crippen molar-refractivity contribution in [3.05, 3.63) is 30.6 Å². The highest BCUT2D eigenvalue weighted by molar-refractivity contribution is 5.99. The van der Waals surface area contributed by atoms with E-state index in [1.807, 2.05) is 31.3 Å². The zero-order chi connectivity index (χ0) is 13.4. The van der Waals surface area contributed by atoms with Crippen LogP contribution in [-0.2, 0) is 7.05 Å². The quantitative estimate of drug-likeness (QED) is 0.752. The van der Waals surface area contributed by atoms with Gasteiger partial charge < -0.3 is 10.5 Å². The SMILES string of the molecule is COc1ccccc1-c1nn(C)c2ncnc(N)c12. The number of ether oxygens (including phenoxy) is 1. The molecule has 0 bridgehead atoms. The number of hydrogen-bond donors (Lipinski definition) is 1. The molecule has 96 valence electrons. The van der Waals surface area contributed by atoms with Gasteiger partial charge in [0.05, 0.1) is 12.5 Å². The van der Waals surface area contributed by atoms with E-state index < -0.39 is 0 Å². The molecule has 0 amide bonds. The maximum Gasteiger partial charge on any atom is 0.163 e. The number of methoxy groups -OCH3 is 1. The summed E-state index contributed by atoms with van der Waals surface area (Å²) in [5.74, 6) is 1.16. The Morgan fingerprint density at radius 2 is 2.00 bits per heavy atom. The van der Waals surface area contributed by atoms with E-state index >= 15 is 0 Å². The van der Waals surface area contributed by atoms with Crippen LogP contribution in [0.1, 0.15) is 0 Å². The molecule has 6 nitrogen and oxygen atoms in total. The van der Waals surface area contributed by atoms with Gasteiger partial charge in [0, 0.05) is 12.6 Å². The molecular formula is C13H13N5O. The van der Waals surface area contributed by atoms with Gasteiger partial charge in [-0.3, -0.25) is 0 Å². The van der Waals surface area contributed by atoms with Crippen molar-refractivity contribution >= 4 is 16.9 Å². The van der Waals surface area contributed by atoms with Crippen molar-refractivity contribution in [1.29, 1.82) is 0 Å². The summed E-state index contributed by atoms with van der Waals surface area (Å²) in [6.45, 7) is 0. The number of nitrogens with two attached hydrogens (primary N) is 1. The lowest BCUT2D eigenvalue weighted by Crippen LogP contribution is -1.95. The third kappa shape index (κ3) is 1.69. The average molecular weight is 255 g/mol. The number of nitrogen functional groups attached to an aromatic ring is 1. The summed E-state index contributed by atoms with van der Waals surface area (Å²) in [7, 11) is 3.46. The Bertz CT molecular complexity index is 750. The Kier molecular flexibility index (Phi) is 2.56. The Hall–Kier alpha value is -2.63. The molecule has 3 rings (SSSR count). The smallest absolute Gasteiger partial charge is 0.163 e. The summed E-state index contributed by atoms with van der Waals surface area (Å²) in [6, 6.07) is 7.66. The molecule has 3 aromatic rings. The van der Waals surface area contributed by atoms with Crippen LogP contribution >= 0.6 is 0 Å². The van der Waals surface area contributed by atoms with Gasteiger partial charge >= 0.3 is 0 Å². The third-order valence-electron chi connectivity index (χ3n) is 3.01. The minimum absolute atomic E-state index is 0.416. The topological polar surface area (TPSA) is 78.8 Å². The first-order valence-electron chi connectivity index (χ1n) is 5.79. The third-order valence-corrected chi connectivity index (χ3v) is 3.01. The van der Waals surface area contributed by atoms with E-state index in [2.05, 4.69) is 15.1 Å². The summed E-state index contributed by atoms with van der Waals surface area (Å²) >= 11 is 0. The number of aromatic nitrogens is 4. The highest BCUT2D eigenvalue weighted by atomic mass is 16.5. The van der Waals surface area contributed by atoms with Crippen molar-refractivity contribution in [3.63, 3.8) is 0 Å². The van der Waals surface area contributed by atoms with E-state index in [9.17, 15) is 0 Å². The van der Waals surface area contributed by atoms with Crippen LogP contribution < -0.4 is 10.5 Å². The molecule has 0 saturated carbocycles. The Balaban J connectivity index is 2.37. The number of anilines is 1. The Labute approximate surface area is 109 Å². The molecule has 1 aromatic carbocycles. The largest absolute Gasteiger partial charge is 0.496 e. The second-order valence-electron chi connectivity index (χ2n) is 4.13. The van der Waals surface area contributed by atoms with Gasteiger partial charge in [0.15, 0.2) is 5.65 Å². The zero-order valence-electron chi connectivity index (χ0n) is 10.7. The molecule has 6 heteroatoms. The van der Waals surface area contributed by atoms with Crippen LogP contribution in [0.15, 0.2) is 30.6 Å². The van der Waals surface area contributed by atoms with Crippen molar-refractivity contribution in [2.24, 2.45) is 7.05 Å². The van der Waals surface area contributed by atoms with Gasteiger partial charge in [0.1, 0.15) is 23.6 Å². The lowest BCUT2D eigenvalue weighted by atomic mass is 10.1. The molecule has 2 heterocycles. The first-order valence-corrected chi connectivity index (χ1v) is 5.79. The summed E-state index contributed by atoms with van der Waals surface area (Å²) in [5, 5.41) is 5.23. The van der Waals surface area contributed by atoms with Crippen LogP contribution in [0, 0.1) is 0 Å². The maximum absolute atomic E-state index is 5.95. The molecule has 2 N–H and O–H groups in total. The van der Waals surface area contributed by atoms with Crippen molar-refractivity contribution in [1.82, 2.24) is 19.7 Å². The predicted molar refractivity (Wildman–Crippen MR) is 72.7 cm³/mol. The molecule has 0 unspecified atom stereocenters. The molecule has 0 spiro atoms. The molecule has 0 aliphatic carbocycles. The molecule has 2 aromatic heterocycles. The average Bonchev–Trinajstić information content (AvgIpc) is 2.78. The fourth-order valence-corrected chi connectivity index (χ4v) is 2.14. The van der Waals surface area contributed by atoms with Gasteiger partial charge in [-0.25, -0.2) is 14.6 Å². The van der Waals surface area contributed by atoms with Gasteiger partial charge in [0.2, 0.25) is 0 Å². The van der Waals surface area contributed by atoms with E-state index in [0.717, 1.165) is 22.4 Å². The van der Waals surface area contributed by atoms with E-state index in [4.69, 9.17) is 10.5 Å². The molecule has 0 saturated heterocycles. The van der Waals surface area contributed by atoms with E-state index in [0.29, 0.717) is 11.5 Å². The van der Waals surface area contributed by atoms with E-state index in [-0.39, 0.29) is 0 Å². The van der Waals surface area contributed by atoms with Crippen LogP contribution in [-0.4, -0.2) is 26.9 Å². The normalized spacial score (nSPS) is 10.8. The number of aryl methyl sites for hydroxylation is 1. The van der Waals surface area contributed by atoms with Crippen molar-refractivity contribution in [2.45, 2.75) is 0 Å². The second-order valence-corrected chi connectivity index (χ2v) is 4.13. The second kappa shape index (κ2) is 4.24.